The Bertz CT molecular complexity index is 623. The molecule has 106 valence electrons. The lowest BCUT2D eigenvalue weighted by atomic mass is 10.1. The SMILES string of the molecule is COc1cc(-c2cc(N)on2)c(Cl)cc1OCC1CC1. The zero-order valence-corrected chi connectivity index (χ0v) is 11.8. The molecule has 1 aromatic heterocycles. The maximum absolute atomic E-state index is 6.28. The van der Waals surface area contributed by atoms with Crippen LogP contribution in [0.15, 0.2) is 22.7 Å². The normalized spacial score (nSPS) is 14.3. The van der Waals surface area contributed by atoms with Crippen molar-refractivity contribution in [1.29, 1.82) is 0 Å². The highest BCUT2D eigenvalue weighted by Crippen LogP contribution is 2.39. The molecule has 0 aliphatic heterocycles. The van der Waals surface area contributed by atoms with Crippen molar-refractivity contribution in [3.8, 4) is 22.8 Å². The molecule has 0 unspecified atom stereocenters. The topological polar surface area (TPSA) is 70.5 Å². The number of hydrogen-bond donors (Lipinski definition) is 1. The van der Waals surface area contributed by atoms with Gasteiger partial charge in [0, 0.05) is 17.7 Å². The summed E-state index contributed by atoms with van der Waals surface area (Å²) < 4.78 is 16.0. The number of anilines is 1. The fourth-order valence-electron chi connectivity index (χ4n) is 1.91. The van der Waals surface area contributed by atoms with Crippen LogP contribution in [0.5, 0.6) is 11.5 Å². The second kappa shape index (κ2) is 5.25. The summed E-state index contributed by atoms with van der Waals surface area (Å²) in [5.74, 6) is 2.16. The van der Waals surface area contributed by atoms with Gasteiger partial charge in [0.05, 0.1) is 18.7 Å². The van der Waals surface area contributed by atoms with Crippen LogP contribution in [0.3, 0.4) is 0 Å². The fraction of sp³-hybridized carbons (Fsp3) is 0.357. The Morgan fingerprint density at radius 3 is 2.75 bits per heavy atom. The zero-order valence-electron chi connectivity index (χ0n) is 11.1. The molecule has 1 aromatic carbocycles. The second-order valence-electron chi connectivity index (χ2n) is 4.85. The van der Waals surface area contributed by atoms with Crippen LogP contribution >= 0.6 is 11.6 Å². The van der Waals surface area contributed by atoms with E-state index in [0.29, 0.717) is 40.3 Å². The first-order valence-corrected chi connectivity index (χ1v) is 6.78. The van der Waals surface area contributed by atoms with Crippen LogP contribution in [-0.2, 0) is 0 Å². The van der Waals surface area contributed by atoms with Crippen molar-refractivity contribution < 1.29 is 14.0 Å². The van der Waals surface area contributed by atoms with Crippen LogP contribution in [0.25, 0.3) is 11.3 Å². The van der Waals surface area contributed by atoms with E-state index in [0.717, 1.165) is 0 Å². The van der Waals surface area contributed by atoms with Gasteiger partial charge in [-0.1, -0.05) is 16.8 Å². The zero-order chi connectivity index (χ0) is 14.1. The standard InChI is InChI=1S/C14H15ClN2O3/c1-18-12-4-9(11-6-14(16)20-17-11)10(15)5-13(12)19-7-8-2-3-8/h4-6,8H,2-3,7,16H2,1H3. The van der Waals surface area contributed by atoms with E-state index in [1.165, 1.54) is 12.8 Å². The molecule has 0 bridgehead atoms. The van der Waals surface area contributed by atoms with Gasteiger partial charge in [0.15, 0.2) is 11.5 Å². The number of ether oxygens (including phenoxy) is 2. The maximum Gasteiger partial charge on any atom is 0.222 e. The molecule has 0 saturated heterocycles. The second-order valence-corrected chi connectivity index (χ2v) is 5.26. The number of nitrogens with two attached hydrogens (primary N) is 1. The summed E-state index contributed by atoms with van der Waals surface area (Å²) in [5.41, 5.74) is 6.79. The lowest BCUT2D eigenvalue weighted by Crippen LogP contribution is -2.01. The van der Waals surface area contributed by atoms with E-state index in [1.54, 1.807) is 25.3 Å². The summed E-state index contributed by atoms with van der Waals surface area (Å²) in [6, 6.07) is 5.14. The molecule has 5 nitrogen and oxygen atoms in total. The molecule has 1 aliphatic rings. The lowest BCUT2D eigenvalue weighted by Gasteiger charge is -2.12. The number of halogens is 1. The molecule has 0 spiro atoms. The first kappa shape index (κ1) is 13.1. The van der Waals surface area contributed by atoms with E-state index in [1.807, 2.05) is 0 Å². The quantitative estimate of drug-likeness (QED) is 0.915. The van der Waals surface area contributed by atoms with Gasteiger partial charge in [0.2, 0.25) is 5.88 Å². The van der Waals surface area contributed by atoms with Gasteiger partial charge in [0.25, 0.3) is 0 Å². The largest absolute Gasteiger partial charge is 0.493 e. The molecular weight excluding hydrogens is 280 g/mol. The molecule has 0 radical (unpaired) electrons. The Labute approximate surface area is 121 Å². The minimum atomic E-state index is 0.240. The Kier molecular flexibility index (Phi) is 3.44. The third-order valence-corrected chi connectivity index (χ3v) is 3.54. The highest BCUT2D eigenvalue weighted by atomic mass is 35.5. The number of rotatable bonds is 5. The molecule has 6 heteroatoms. The minimum Gasteiger partial charge on any atom is -0.493 e. The van der Waals surface area contributed by atoms with E-state index >= 15 is 0 Å². The monoisotopic (exact) mass is 294 g/mol. The van der Waals surface area contributed by atoms with E-state index in [9.17, 15) is 0 Å². The Balaban J connectivity index is 1.91. The third kappa shape index (κ3) is 2.67. The smallest absolute Gasteiger partial charge is 0.222 e. The molecule has 1 fully saturated rings. The third-order valence-electron chi connectivity index (χ3n) is 3.23. The molecule has 20 heavy (non-hydrogen) atoms. The van der Waals surface area contributed by atoms with Crippen LogP contribution in [0.1, 0.15) is 12.8 Å². The Morgan fingerprint density at radius 2 is 2.15 bits per heavy atom. The first-order valence-electron chi connectivity index (χ1n) is 6.40. The summed E-state index contributed by atoms with van der Waals surface area (Å²) in [5, 5.41) is 4.37. The molecule has 3 rings (SSSR count). The van der Waals surface area contributed by atoms with Crippen molar-refractivity contribution in [3.63, 3.8) is 0 Å². The van der Waals surface area contributed by atoms with Crippen LogP contribution in [0, 0.1) is 5.92 Å². The van der Waals surface area contributed by atoms with Gasteiger partial charge in [-0.25, -0.2) is 0 Å². The van der Waals surface area contributed by atoms with Gasteiger partial charge in [-0.15, -0.1) is 0 Å². The van der Waals surface area contributed by atoms with Gasteiger partial charge in [-0.2, -0.15) is 0 Å². The molecular formula is C14H15ClN2O3. The van der Waals surface area contributed by atoms with Gasteiger partial charge < -0.3 is 19.7 Å². The fourth-order valence-corrected chi connectivity index (χ4v) is 2.16. The first-order chi connectivity index (χ1) is 9.67. The highest BCUT2D eigenvalue weighted by Gasteiger charge is 2.23. The van der Waals surface area contributed by atoms with Crippen molar-refractivity contribution in [2.45, 2.75) is 12.8 Å². The summed E-state index contributed by atoms with van der Waals surface area (Å²) in [6.45, 7) is 0.697. The molecule has 1 saturated carbocycles. The number of aromatic nitrogens is 1. The van der Waals surface area contributed by atoms with E-state index < -0.39 is 0 Å². The van der Waals surface area contributed by atoms with Crippen LogP contribution in [-0.4, -0.2) is 18.9 Å². The van der Waals surface area contributed by atoms with Crippen molar-refractivity contribution >= 4 is 17.5 Å². The molecule has 0 atom stereocenters. The van der Waals surface area contributed by atoms with Crippen LogP contribution in [0.2, 0.25) is 5.02 Å². The number of benzene rings is 1. The van der Waals surface area contributed by atoms with Gasteiger partial charge in [-0.3, -0.25) is 0 Å². The highest BCUT2D eigenvalue weighted by molar-refractivity contribution is 6.33. The number of nitrogen functional groups attached to an aromatic ring is 1. The molecule has 2 N–H and O–H groups in total. The summed E-state index contributed by atoms with van der Waals surface area (Å²) in [4.78, 5) is 0. The Morgan fingerprint density at radius 1 is 1.35 bits per heavy atom. The predicted molar refractivity (Wildman–Crippen MR) is 76.1 cm³/mol. The van der Waals surface area contributed by atoms with E-state index in [4.69, 9.17) is 31.3 Å². The average molecular weight is 295 g/mol. The van der Waals surface area contributed by atoms with Crippen molar-refractivity contribution in [3.05, 3.63) is 23.2 Å². The lowest BCUT2D eigenvalue weighted by molar-refractivity contribution is 0.280. The summed E-state index contributed by atoms with van der Waals surface area (Å²) >= 11 is 6.28. The predicted octanol–water partition coefficient (Wildman–Crippen LogP) is 3.37. The maximum atomic E-state index is 6.28. The molecule has 1 heterocycles. The van der Waals surface area contributed by atoms with Gasteiger partial charge in [-0.05, 0) is 24.8 Å². The number of methoxy groups -OCH3 is 1. The number of hydrogen-bond acceptors (Lipinski definition) is 5. The van der Waals surface area contributed by atoms with Crippen molar-refractivity contribution in [2.75, 3.05) is 19.5 Å². The summed E-state index contributed by atoms with van der Waals surface area (Å²) in [7, 11) is 1.59. The van der Waals surface area contributed by atoms with Gasteiger partial charge >= 0.3 is 0 Å². The number of nitrogens with zero attached hydrogens (tertiary/aromatic N) is 1. The Hall–Kier alpha value is -1.88. The average Bonchev–Trinajstić information content (AvgIpc) is 3.17. The summed E-state index contributed by atoms with van der Waals surface area (Å²) in [6.07, 6.45) is 2.46. The van der Waals surface area contributed by atoms with E-state index in [2.05, 4.69) is 5.16 Å². The van der Waals surface area contributed by atoms with Crippen molar-refractivity contribution in [1.82, 2.24) is 5.16 Å². The molecule has 1 aliphatic carbocycles. The van der Waals surface area contributed by atoms with Crippen LogP contribution in [0.4, 0.5) is 5.88 Å². The molecule has 0 amide bonds. The van der Waals surface area contributed by atoms with Crippen molar-refractivity contribution in [2.24, 2.45) is 5.92 Å². The van der Waals surface area contributed by atoms with E-state index in [-0.39, 0.29) is 5.88 Å². The van der Waals surface area contributed by atoms with Gasteiger partial charge in [0.1, 0.15) is 5.69 Å². The van der Waals surface area contributed by atoms with Crippen LogP contribution < -0.4 is 15.2 Å². The minimum absolute atomic E-state index is 0.240. The molecule has 2 aromatic rings.